The van der Waals surface area contributed by atoms with Crippen LogP contribution in [0.5, 0.6) is 5.75 Å². The smallest absolute Gasteiger partial charge is 0.326 e. The molecule has 0 bridgehead atoms. The van der Waals surface area contributed by atoms with Crippen molar-refractivity contribution in [3.05, 3.63) is 29.8 Å². The highest BCUT2D eigenvalue weighted by molar-refractivity contribution is 5.80. The molecule has 1 aromatic carbocycles. The molecule has 0 spiro atoms. The molecule has 1 aromatic rings. The molecule has 4 heteroatoms. The van der Waals surface area contributed by atoms with Gasteiger partial charge < -0.3 is 14.8 Å². The molecule has 0 radical (unpaired) electrons. The summed E-state index contributed by atoms with van der Waals surface area (Å²) in [6.45, 7) is 9.12. The first-order valence-electron chi connectivity index (χ1n) is 7.46. The van der Waals surface area contributed by atoms with E-state index in [-0.39, 0.29) is 5.97 Å². The Kier molecular flexibility index (Phi) is 6.69. The van der Waals surface area contributed by atoms with Crippen molar-refractivity contribution in [2.45, 2.75) is 39.7 Å². The lowest BCUT2D eigenvalue weighted by molar-refractivity contribution is -0.150. The van der Waals surface area contributed by atoms with Crippen LogP contribution in [0.4, 0.5) is 0 Å². The highest BCUT2D eigenvalue weighted by atomic mass is 16.5. The van der Waals surface area contributed by atoms with E-state index in [4.69, 9.17) is 9.47 Å². The van der Waals surface area contributed by atoms with Crippen LogP contribution in [0.2, 0.25) is 0 Å². The van der Waals surface area contributed by atoms with Gasteiger partial charge in [0.05, 0.1) is 13.7 Å². The molecular weight excluding hydrogens is 266 g/mol. The molecule has 1 atom stereocenters. The van der Waals surface area contributed by atoms with Crippen molar-refractivity contribution in [1.29, 1.82) is 0 Å². The summed E-state index contributed by atoms with van der Waals surface area (Å²) in [5.74, 6) is 1.07. The summed E-state index contributed by atoms with van der Waals surface area (Å²) in [6, 6.07) is 7.77. The van der Waals surface area contributed by atoms with Crippen molar-refractivity contribution in [1.82, 2.24) is 5.32 Å². The van der Waals surface area contributed by atoms with E-state index in [9.17, 15) is 4.79 Å². The summed E-state index contributed by atoms with van der Waals surface area (Å²) in [7, 11) is 1.64. The van der Waals surface area contributed by atoms with Crippen molar-refractivity contribution in [2.75, 3.05) is 20.3 Å². The molecule has 0 fully saturated rings. The topological polar surface area (TPSA) is 47.6 Å². The van der Waals surface area contributed by atoms with Gasteiger partial charge in [0.15, 0.2) is 0 Å². The maximum Gasteiger partial charge on any atom is 0.326 e. The normalized spacial score (nSPS) is 13.8. The van der Waals surface area contributed by atoms with Crippen molar-refractivity contribution >= 4 is 5.97 Å². The minimum Gasteiger partial charge on any atom is -0.497 e. The second kappa shape index (κ2) is 8.03. The third-order valence-electron chi connectivity index (χ3n) is 3.34. The van der Waals surface area contributed by atoms with E-state index in [0.29, 0.717) is 18.9 Å². The second-order valence-electron chi connectivity index (χ2n) is 5.85. The maximum absolute atomic E-state index is 12.3. The molecule has 1 unspecified atom stereocenters. The van der Waals surface area contributed by atoms with Crippen LogP contribution in [0.1, 0.15) is 33.3 Å². The molecule has 0 aliphatic rings. The predicted octanol–water partition coefficient (Wildman–Crippen LogP) is 2.81. The summed E-state index contributed by atoms with van der Waals surface area (Å²) < 4.78 is 10.4. The zero-order chi connectivity index (χ0) is 15.9. The van der Waals surface area contributed by atoms with E-state index in [2.05, 4.69) is 19.2 Å². The van der Waals surface area contributed by atoms with E-state index in [1.807, 2.05) is 38.1 Å². The number of carbonyl (C=O) groups excluding carboxylic acids is 1. The van der Waals surface area contributed by atoms with Gasteiger partial charge in [-0.3, -0.25) is 4.79 Å². The molecular formula is C17H27NO3. The molecule has 0 saturated carbocycles. The number of carbonyl (C=O) groups is 1. The first kappa shape index (κ1) is 17.5. The number of hydrogen-bond acceptors (Lipinski definition) is 4. The fourth-order valence-electron chi connectivity index (χ4n) is 2.08. The van der Waals surface area contributed by atoms with Gasteiger partial charge in [0.25, 0.3) is 0 Å². The highest BCUT2D eigenvalue weighted by Crippen LogP contribution is 2.19. The highest BCUT2D eigenvalue weighted by Gasteiger charge is 2.34. The van der Waals surface area contributed by atoms with Crippen molar-refractivity contribution < 1.29 is 14.3 Å². The van der Waals surface area contributed by atoms with E-state index >= 15 is 0 Å². The zero-order valence-corrected chi connectivity index (χ0v) is 13.7. The Hall–Kier alpha value is -1.55. The van der Waals surface area contributed by atoms with Gasteiger partial charge in [0, 0.05) is 6.42 Å². The minimum atomic E-state index is -0.713. The molecule has 0 aromatic heterocycles. The number of esters is 1. The average molecular weight is 293 g/mol. The Labute approximate surface area is 127 Å². The lowest BCUT2D eigenvalue weighted by Crippen LogP contribution is -2.53. The Balaban J connectivity index is 2.86. The second-order valence-corrected chi connectivity index (χ2v) is 5.85. The molecule has 0 heterocycles. The van der Waals surface area contributed by atoms with Crippen molar-refractivity contribution in [3.63, 3.8) is 0 Å². The Morgan fingerprint density at radius 2 is 1.90 bits per heavy atom. The standard InChI is InChI=1S/C17H27NO3/c1-6-21-16(19)17(4,18-12-13(2)3)11-14-7-9-15(20-5)10-8-14/h7-10,13,18H,6,11-12H2,1-5H3. The van der Waals surface area contributed by atoms with E-state index < -0.39 is 5.54 Å². The van der Waals surface area contributed by atoms with Gasteiger partial charge in [-0.1, -0.05) is 26.0 Å². The minimum absolute atomic E-state index is 0.207. The van der Waals surface area contributed by atoms with E-state index in [1.165, 1.54) is 0 Å². The van der Waals surface area contributed by atoms with Gasteiger partial charge in [0.2, 0.25) is 0 Å². The molecule has 118 valence electrons. The largest absolute Gasteiger partial charge is 0.497 e. The molecule has 0 aliphatic heterocycles. The van der Waals surface area contributed by atoms with Crippen LogP contribution in [-0.4, -0.2) is 31.8 Å². The number of rotatable bonds is 8. The number of nitrogens with one attached hydrogen (secondary N) is 1. The van der Waals surface area contributed by atoms with Crippen LogP contribution >= 0.6 is 0 Å². The molecule has 0 saturated heterocycles. The molecule has 0 aliphatic carbocycles. The predicted molar refractivity (Wildman–Crippen MR) is 84.6 cm³/mol. The Bertz CT molecular complexity index is 442. The van der Waals surface area contributed by atoms with Crippen LogP contribution in [-0.2, 0) is 16.0 Å². The Morgan fingerprint density at radius 1 is 1.29 bits per heavy atom. The van der Waals surface area contributed by atoms with E-state index in [0.717, 1.165) is 17.9 Å². The fourth-order valence-corrected chi connectivity index (χ4v) is 2.08. The number of benzene rings is 1. The average Bonchev–Trinajstić information content (AvgIpc) is 2.46. The molecule has 0 amide bonds. The van der Waals surface area contributed by atoms with Crippen molar-refractivity contribution in [3.8, 4) is 5.75 Å². The SMILES string of the molecule is CCOC(=O)C(C)(Cc1ccc(OC)cc1)NCC(C)C. The Morgan fingerprint density at radius 3 is 2.38 bits per heavy atom. The number of hydrogen-bond donors (Lipinski definition) is 1. The van der Waals surface area contributed by atoms with Gasteiger partial charge in [-0.05, 0) is 44.0 Å². The number of ether oxygens (including phenoxy) is 2. The summed E-state index contributed by atoms with van der Waals surface area (Å²) in [5, 5.41) is 3.35. The molecule has 1 rings (SSSR count). The van der Waals surface area contributed by atoms with Gasteiger partial charge >= 0.3 is 5.97 Å². The quantitative estimate of drug-likeness (QED) is 0.749. The summed E-state index contributed by atoms with van der Waals surface area (Å²) in [6.07, 6.45) is 0.586. The van der Waals surface area contributed by atoms with Crippen LogP contribution in [0.3, 0.4) is 0 Å². The van der Waals surface area contributed by atoms with Gasteiger partial charge in [-0.2, -0.15) is 0 Å². The van der Waals surface area contributed by atoms with Gasteiger partial charge in [0.1, 0.15) is 11.3 Å². The summed E-state index contributed by atoms with van der Waals surface area (Å²) >= 11 is 0. The fraction of sp³-hybridized carbons (Fsp3) is 0.588. The van der Waals surface area contributed by atoms with Gasteiger partial charge in [-0.25, -0.2) is 0 Å². The lowest BCUT2D eigenvalue weighted by atomic mass is 9.92. The number of methoxy groups -OCH3 is 1. The third-order valence-corrected chi connectivity index (χ3v) is 3.34. The zero-order valence-electron chi connectivity index (χ0n) is 13.7. The van der Waals surface area contributed by atoms with Crippen LogP contribution in [0, 0.1) is 5.92 Å². The van der Waals surface area contributed by atoms with Crippen LogP contribution in [0.25, 0.3) is 0 Å². The van der Waals surface area contributed by atoms with Crippen molar-refractivity contribution in [2.24, 2.45) is 5.92 Å². The summed E-state index contributed by atoms with van der Waals surface area (Å²) in [5.41, 5.74) is 0.358. The summed E-state index contributed by atoms with van der Waals surface area (Å²) in [4.78, 5) is 12.3. The first-order valence-corrected chi connectivity index (χ1v) is 7.46. The van der Waals surface area contributed by atoms with Crippen LogP contribution in [0.15, 0.2) is 24.3 Å². The third kappa shape index (κ3) is 5.38. The molecule has 21 heavy (non-hydrogen) atoms. The molecule has 1 N–H and O–H groups in total. The monoisotopic (exact) mass is 293 g/mol. The lowest BCUT2D eigenvalue weighted by Gasteiger charge is -2.29. The maximum atomic E-state index is 12.3. The van der Waals surface area contributed by atoms with E-state index in [1.54, 1.807) is 7.11 Å². The van der Waals surface area contributed by atoms with Gasteiger partial charge in [-0.15, -0.1) is 0 Å². The van der Waals surface area contributed by atoms with Crippen LogP contribution < -0.4 is 10.1 Å². The first-order chi connectivity index (χ1) is 9.91. The molecule has 4 nitrogen and oxygen atoms in total.